The summed E-state index contributed by atoms with van der Waals surface area (Å²) in [5, 5.41) is 9.03. The molecule has 1 aliphatic rings. The summed E-state index contributed by atoms with van der Waals surface area (Å²) >= 11 is 0. The van der Waals surface area contributed by atoms with E-state index in [0.717, 1.165) is 5.56 Å². The maximum Gasteiger partial charge on any atom is 0.244 e. The molecular formula is C17H23N3O2. The maximum absolute atomic E-state index is 13.0. The molecule has 0 N–H and O–H groups in total. The number of hydrogen-bond acceptors (Lipinski definition) is 4. The standard InChI is InChI=1S/C17H23N3O2/c1-14(12-18)13-19(2)16(15-6-4-3-5-7-15)17(21)20-8-10-22-11-9-20/h3-7,14,16H,8-11,13H2,1-2H3/t14-,16-/m0/s1. The molecule has 1 saturated heterocycles. The van der Waals surface area contributed by atoms with Crippen LogP contribution in [-0.4, -0.2) is 55.6 Å². The number of carbonyl (C=O) groups is 1. The minimum atomic E-state index is -0.352. The topological polar surface area (TPSA) is 56.6 Å². The first-order valence-corrected chi connectivity index (χ1v) is 7.65. The van der Waals surface area contributed by atoms with Crippen molar-refractivity contribution in [2.75, 3.05) is 39.9 Å². The van der Waals surface area contributed by atoms with Crippen molar-refractivity contribution in [2.45, 2.75) is 13.0 Å². The fourth-order valence-electron chi connectivity index (χ4n) is 2.76. The van der Waals surface area contributed by atoms with Gasteiger partial charge in [0.1, 0.15) is 6.04 Å². The van der Waals surface area contributed by atoms with Gasteiger partial charge in [-0.1, -0.05) is 30.3 Å². The molecule has 0 aliphatic carbocycles. The van der Waals surface area contributed by atoms with E-state index >= 15 is 0 Å². The smallest absolute Gasteiger partial charge is 0.244 e. The second kappa shape index (κ2) is 7.92. The van der Waals surface area contributed by atoms with Gasteiger partial charge < -0.3 is 9.64 Å². The Morgan fingerprint density at radius 3 is 2.59 bits per heavy atom. The minimum Gasteiger partial charge on any atom is -0.378 e. The van der Waals surface area contributed by atoms with Crippen molar-refractivity contribution < 1.29 is 9.53 Å². The zero-order valence-electron chi connectivity index (χ0n) is 13.2. The van der Waals surface area contributed by atoms with Gasteiger partial charge in [-0.3, -0.25) is 9.69 Å². The number of nitrogens with zero attached hydrogens (tertiary/aromatic N) is 3. The van der Waals surface area contributed by atoms with E-state index in [1.165, 1.54) is 0 Å². The van der Waals surface area contributed by atoms with E-state index in [1.54, 1.807) is 0 Å². The van der Waals surface area contributed by atoms with Crippen LogP contribution < -0.4 is 0 Å². The molecule has 2 rings (SSSR count). The Bertz CT molecular complexity index is 520. The fourth-order valence-corrected chi connectivity index (χ4v) is 2.76. The van der Waals surface area contributed by atoms with Crippen LogP contribution in [0.1, 0.15) is 18.5 Å². The van der Waals surface area contributed by atoms with E-state index < -0.39 is 0 Å². The van der Waals surface area contributed by atoms with Gasteiger partial charge in [-0.2, -0.15) is 5.26 Å². The van der Waals surface area contributed by atoms with Crippen molar-refractivity contribution in [1.82, 2.24) is 9.80 Å². The SMILES string of the molecule is C[C@@H](C#N)CN(C)[C@H](C(=O)N1CCOCC1)c1ccccc1. The van der Waals surface area contributed by atoms with Crippen LogP contribution >= 0.6 is 0 Å². The van der Waals surface area contributed by atoms with Gasteiger partial charge in [-0.15, -0.1) is 0 Å². The molecule has 1 heterocycles. The monoisotopic (exact) mass is 301 g/mol. The molecule has 1 amide bonds. The quantitative estimate of drug-likeness (QED) is 0.830. The third kappa shape index (κ3) is 4.06. The second-order valence-corrected chi connectivity index (χ2v) is 5.72. The van der Waals surface area contributed by atoms with Crippen molar-refractivity contribution in [3.8, 4) is 6.07 Å². The Morgan fingerprint density at radius 2 is 2.00 bits per heavy atom. The van der Waals surface area contributed by atoms with Crippen molar-refractivity contribution in [1.29, 1.82) is 5.26 Å². The van der Waals surface area contributed by atoms with E-state index in [-0.39, 0.29) is 17.9 Å². The summed E-state index contributed by atoms with van der Waals surface area (Å²) in [6.07, 6.45) is 0. The Kier molecular flexibility index (Phi) is 5.93. The highest BCUT2D eigenvalue weighted by Crippen LogP contribution is 2.23. The molecule has 0 bridgehead atoms. The lowest BCUT2D eigenvalue weighted by Crippen LogP contribution is -2.47. The van der Waals surface area contributed by atoms with Gasteiger partial charge in [0.15, 0.2) is 0 Å². The number of morpholine rings is 1. The Balaban J connectivity index is 2.21. The molecule has 5 heteroatoms. The molecule has 1 fully saturated rings. The Labute approximate surface area is 132 Å². The fraction of sp³-hybridized carbons (Fsp3) is 0.529. The summed E-state index contributed by atoms with van der Waals surface area (Å²) in [4.78, 5) is 16.8. The number of nitriles is 1. The molecule has 1 aromatic rings. The first-order valence-electron chi connectivity index (χ1n) is 7.65. The molecule has 0 spiro atoms. The normalized spacial score (nSPS) is 17.8. The number of benzene rings is 1. The third-order valence-corrected chi connectivity index (χ3v) is 3.89. The van der Waals surface area contributed by atoms with Crippen molar-refractivity contribution >= 4 is 5.91 Å². The molecule has 0 radical (unpaired) electrons. The first-order chi connectivity index (χ1) is 10.6. The van der Waals surface area contributed by atoms with Crippen molar-refractivity contribution in [2.24, 2.45) is 5.92 Å². The molecule has 1 aromatic carbocycles. The number of likely N-dealkylation sites (N-methyl/N-ethyl adjacent to an activating group) is 1. The highest BCUT2D eigenvalue weighted by Gasteiger charge is 2.30. The first kappa shape index (κ1) is 16.5. The van der Waals surface area contributed by atoms with Crippen LogP contribution in [0.3, 0.4) is 0 Å². The van der Waals surface area contributed by atoms with E-state index in [1.807, 2.05) is 54.1 Å². The maximum atomic E-state index is 13.0. The minimum absolute atomic E-state index is 0.0853. The number of hydrogen-bond donors (Lipinski definition) is 0. The van der Waals surface area contributed by atoms with Gasteiger partial charge in [0.2, 0.25) is 5.91 Å². The summed E-state index contributed by atoms with van der Waals surface area (Å²) in [5.74, 6) is -0.0316. The van der Waals surface area contributed by atoms with Crippen molar-refractivity contribution in [3.05, 3.63) is 35.9 Å². The van der Waals surface area contributed by atoms with Gasteiger partial charge in [0, 0.05) is 19.6 Å². The van der Waals surface area contributed by atoms with E-state index in [4.69, 9.17) is 10.00 Å². The van der Waals surface area contributed by atoms with Crippen LogP contribution in [0.5, 0.6) is 0 Å². The van der Waals surface area contributed by atoms with Gasteiger partial charge in [-0.05, 0) is 19.5 Å². The summed E-state index contributed by atoms with van der Waals surface area (Å²) in [5.41, 5.74) is 0.964. The average molecular weight is 301 g/mol. The molecule has 22 heavy (non-hydrogen) atoms. The highest BCUT2D eigenvalue weighted by atomic mass is 16.5. The van der Waals surface area contributed by atoms with Crippen molar-refractivity contribution in [3.63, 3.8) is 0 Å². The van der Waals surface area contributed by atoms with Gasteiger partial charge in [0.25, 0.3) is 0 Å². The van der Waals surface area contributed by atoms with Crippen LogP contribution in [0.15, 0.2) is 30.3 Å². The molecule has 118 valence electrons. The molecule has 5 nitrogen and oxygen atoms in total. The number of amides is 1. The predicted molar refractivity (Wildman–Crippen MR) is 84.0 cm³/mol. The Hall–Kier alpha value is -1.90. The van der Waals surface area contributed by atoms with E-state index in [0.29, 0.717) is 32.8 Å². The second-order valence-electron chi connectivity index (χ2n) is 5.72. The number of ether oxygens (including phenoxy) is 1. The van der Waals surface area contributed by atoms with Gasteiger partial charge in [0.05, 0.1) is 25.2 Å². The average Bonchev–Trinajstić information content (AvgIpc) is 2.56. The molecule has 0 aromatic heterocycles. The van der Waals surface area contributed by atoms with Crippen LogP contribution in [0.25, 0.3) is 0 Å². The van der Waals surface area contributed by atoms with Crippen LogP contribution in [0, 0.1) is 17.2 Å². The van der Waals surface area contributed by atoms with Crippen LogP contribution in [-0.2, 0) is 9.53 Å². The zero-order valence-corrected chi connectivity index (χ0v) is 13.2. The summed E-state index contributed by atoms with van der Waals surface area (Å²) in [7, 11) is 1.91. The molecular weight excluding hydrogens is 278 g/mol. The van der Waals surface area contributed by atoms with Gasteiger partial charge >= 0.3 is 0 Å². The lowest BCUT2D eigenvalue weighted by Gasteiger charge is -2.35. The molecule has 0 unspecified atom stereocenters. The highest BCUT2D eigenvalue weighted by molar-refractivity contribution is 5.83. The van der Waals surface area contributed by atoms with Crippen LogP contribution in [0.2, 0.25) is 0 Å². The number of carbonyl (C=O) groups excluding carboxylic acids is 1. The molecule has 1 aliphatic heterocycles. The predicted octanol–water partition coefficient (Wildman–Crippen LogP) is 1.68. The summed E-state index contributed by atoms with van der Waals surface area (Å²) < 4.78 is 5.33. The number of rotatable bonds is 5. The van der Waals surface area contributed by atoms with Crippen LogP contribution in [0.4, 0.5) is 0 Å². The Morgan fingerprint density at radius 1 is 1.36 bits per heavy atom. The largest absolute Gasteiger partial charge is 0.378 e. The lowest BCUT2D eigenvalue weighted by atomic mass is 10.0. The van der Waals surface area contributed by atoms with E-state index in [9.17, 15) is 4.79 Å². The van der Waals surface area contributed by atoms with E-state index in [2.05, 4.69) is 6.07 Å². The lowest BCUT2D eigenvalue weighted by molar-refractivity contribution is -0.141. The van der Waals surface area contributed by atoms with Gasteiger partial charge in [-0.25, -0.2) is 0 Å². The summed E-state index contributed by atoms with van der Waals surface area (Å²) in [6, 6.07) is 11.6. The molecule has 2 atom stereocenters. The zero-order chi connectivity index (χ0) is 15.9. The third-order valence-electron chi connectivity index (χ3n) is 3.89. The molecule has 0 saturated carbocycles. The summed E-state index contributed by atoms with van der Waals surface area (Å²) in [6.45, 7) is 4.87.